The van der Waals surface area contributed by atoms with Crippen LogP contribution in [0.1, 0.15) is 43.7 Å². The monoisotopic (exact) mass is 508 g/mol. The number of hydrogen-bond donors (Lipinski definition) is 0. The molecular formula is C25H33BrO6. The summed E-state index contributed by atoms with van der Waals surface area (Å²) in [5.41, 5.74) is 1.72. The van der Waals surface area contributed by atoms with Crippen LogP contribution in [0.5, 0.6) is 28.7 Å². The van der Waals surface area contributed by atoms with E-state index >= 15 is 0 Å². The lowest BCUT2D eigenvalue weighted by molar-refractivity contribution is 0.0668. The summed E-state index contributed by atoms with van der Waals surface area (Å²) in [6.07, 6.45) is 3.78. The van der Waals surface area contributed by atoms with Gasteiger partial charge in [0.05, 0.1) is 45.6 Å². The van der Waals surface area contributed by atoms with Gasteiger partial charge in [-0.2, -0.15) is 0 Å². The summed E-state index contributed by atoms with van der Waals surface area (Å²) < 4.78 is 35.5. The van der Waals surface area contributed by atoms with Crippen molar-refractivity contribution in [1.29, 1.82) is 0 Å². The van der Waals surface area contributed by atoms with Crippen molar-refractivity contribution in [2.24, 2.45) is 0 Å². The van der Waals surface area contributed by atoms with Gasteiger partial charge in [0.15, 0.2) is 23.0 Å². The summed E-state index contributed by atoms with van der Waals surface area (Å²) in [4.78, 5) is 0. The van der Waals surface area contributed by atoms with E-state index in [1.54, 1.807) is 35.5 Å². The number of ether oxygens (including phenoxy) is 6. The molecule has 6 nitrogen and oxygen atoms in total. The van der Waals surface area contributed by atoms with Crippen molar-refractivity contribution in [2.45, 2.75) is 44.1 Å². The molecule has 0 bridgehead atoms. The highest BCUT2D eigenvalue weighted by Gasteiger charge is 2.47. The predicted molar refractivity (Wildman–Crippen MR) is 128 cm³/mol. The van der Waals surface area contributed by atoms with Gasteiger partial charge in [-0.3, -0.25) is 0 Å². The molecule has 176 valence electrons. The van der Waals surface area contributed by atoms with E-state index in [9.17, 15) is 0 Å². The Labute approximate surface area is 199 Å². The van der Waals surface area contributed by atoms with Gasteiger partial charge in [0, 0.05) is 12.5 Å². The molecular weight excluding hydrogens is 476 g/mol. The molecule has 2 atom stereocenters. The van der Waals surface area contributed by atoms with Crippen LogP contribution in [0.4, 0.5) is 0 Å². The second kappa shape index (κ2) is 10.7. The van der Waals surface area contributed by atoms with Gasteiger partial charge in [0.2, 0.25) is 5.75 Å². The second-order valence-electron chi connectivity index (χ2n) is 7.84. The van der Waals surface area contributed by atoms with E-state index in [-0.39, 0.29) is 6.10 Å². The Morgan fingerprint density at radius 3 is 1.91 bits per heavy atom. The maximum atomic E-state index is 6.05. The third kappa shape index (κ3) is 4.25. The quantitative estimate of drug-likeness (QED) is 0.406. The molecule has 2 aromatic rings. The van der Waals surface area contributed by atoms with Crippen molar-refractivity contribution in [3.8, 4) is 28.7 Å². The molecule has 0 N–H and O–H groups in total. The fraction of sp³-hybridized carbons (Fsp3) is 0.520. The van der Waals surface area contributed by atoms with E-state index in [1.165, 1.54) is 0 Å². The van der Waals surface area contributed by atoms with Crippen molar-refractivity contribution < 1.29 is 28.4 Å². The van der Waals surface area contributed by atoms with Crippen LogP contribution < -0.4 is 23.7 Å². The predicted octanol–water partition coefficient (Wildman–Crippen LogP) is 5.76. The Balaban J connectivity index is 2.26. The van der Waals surface area contributed by atoms with Crippen LogP contribution in [0.15, 0.2) is 28.7 Å². The van der Waals surface area contributed by atoms with Gasteiger partial charge < -0.3 is 28.4 Å². The highest BCUT2D eigenvalue weighted by atomic mass is 79.9. The van der Waals surface area contributed by atoms with Crippen LogP contribution in [0.2, 0.25) is 0 Å². The van der Waals surface area contributed by atoms with Crippen molar-refractivity contribution >= 4 is 15.9 Å². The summed E-state index contributed by atoms with van der Waals surface area (Å²) >= 11 is 3.72. The van der Waals surface area contributed by atoms with Crippen molar-refractivity contribution in [3.63, 3.8) is 0 Å². The van der Waals surface area contributed by atoms with Crippen molar-refractivity contribution in [3.05, 3.63) is 39.9 Å². The molecule has 3 rings (SSSR count). The van der Waals surface area contributed by atoms with E-state index in [0.717, 1.165) is 41.3 Å². The molecule has 0 saturated heterocycles. The number of methoxy groups -OCH3 is 5. The van der Waals surface area contributed by atoms with Crippen LogP contribution in [-0.2, 0) is 10.2 Å². The molecule has 1 saturated carbocycles. The molecule has 0 aromatic heterocycles. The first-order valence-electron chi connectivity index (χ1n) is 10.8. The second-order valence-corrected chi connectivity index (χ2v) is 8.69. The molecule has 0 amide bonds. The summed E-state index contributed by atoms with van der Waals surface area (Å²) in [7, 11) is 8.32. The number of rotatable bonds is 10. The maximum Gasteiger partial charge on any atom is 0.203 e. The molecule has 7 heteroatoms. The first-order chi connectivity index (χ1) is 15.5. The average molecular weight is 509 g/mol. The van der Waals surface area contributed by atoms with E-state index < -0.39 is 5.41 Å². The lowest BCUT2D eigenvalue weighted by atomic mass is 9.71. The highest BCUT2D eigenvalue weighted by Crippen LogP contribution is 2.53. The van der Waals surface area contributed by atoms with Gasteiger partial charge in [0.1, 0.15) is 0 Å². The molecule has 1 aliphatic carbocycles. The summed E-state index contributed by atoms with van der Waals surface area (Å²) in [6, 6.07) is 8.24. The molecule has 1 aliphatic rings. The van der Waals surface area contributed by atoms with E-state index in [1.807, 2.05) is 12.1 Å². The Bertz CT molecular complexity index is 906. The standard InChI is InChI=1S/C25H33BrO6/c1-7-11-32-23-18(26)12-16(13-19(23)27-2)25(10-8-9-22(25)30-5)17-14-20(28-3)24(31-6)21(15-17)29-4/h12-15,22H,7-11H2,1-6H3. The minimum atomic E-state index is -0.416. The summed E-state index contributed by atoms with van der Waals surface area (Å²) in [5, 5.41) is 0. The Morgan fingerprint density at radius 1 is 0.844 bits per heavy atom. The van der Waals surface area contributed by atoms with Gasteiger partial charge in [-0.1, -0.05) is 6.92 Å². The third-order valence-electron chi connectivity index (χ3n) is 6.25. The molecule has 2 unspecified atom stereocenters. The smallest absolute Gasteiger partial charge is 0.203 e. The maximum absolute atomic E-state index is 6.05. The van der Waals surface area contributed by atoms with Gasteiger partial charge in [-0.05, 0) is 77.0 Å². The summed E-state index contributed by atoms with van der Waals surface area (Å²) in [6.45, 7) is 2.70. The molecule has 0 spiro atoms. The Kier molecular flexibility index (Phi) is 8.17. The van der Waals surface area contributed by atoms with Crippen LogP contribution in [0, 0.1) is 0 Å². The first kappa shape index (κ1) is 24.5. The zero-order chi connectivity index (χ0) is 23.3. The zero-order valence-electron chi connectivity index (χ0n) is 19.7. The van der Waals surface area contributed by atoms with E-state index in [4.69, 9.17) is 28.4 Å². The highest BCUT2D eigenvalue weighted by molar-refractivity contribution is 9.10. The fourth-order valence-electron chi connectivity index (χ4n) is 4.78. The van der Waals surface area contributed by atoms with E-state index in [0.29, 0.717) is 35.4 Å². The third-order valence-corrected chi connectivity index (χ3v) is 6.84. The zero-order valence-corrected chi connectivity index (χ0v) is 21.3. The SMILES string of the molecule is CCCOc1c(Br)cc(C2(c3cc(OC)c(OC)c(OC)c3)CCCC2OC)cc1OC. The number of halogens is 1. The minimum Gasteiger partial charge on any atom is -0.493 e. The van der Waals surface area contributed by atoms with E-state index in [2.05, 4.69) is 35.0 Å². The Hall–Kier alpha value is -2.12. The van der Waals surface area contributed by atoms with Crippen LogP contribution in [0.25, 0.3) is 0 Å². The molecule has 1 fully saturated rings. The number of benzene rings is 2. The van der Waals surface area contributed by atoms with Crippen LogP contribution >= 0.6 is 15.9 Å². The molecule has 0 heterocycles. The molecule has 0 radical (unpaired) electrons. The van der Waals surface area contributed by atoms with Gasteiger partial charge in [0.25, 0.3) is 0 Å². The van der Waals surface area contributed by atoms with Crippen LogP contribution in [-0.4, -0.2) is 48.3 Å². The Morgan fingerprint density at radius 2 is 1.41 bits per heavy atom. The lowest BCUT2D eigenvalue weighted by Gasteiger charge is -2.37. The average Bonchev–Trinajstić information content (AvgIpc) is 3.26. The lowest BCUT2D eigenvalue weighted by Crippen LogP contribution is -2.37. The number of hydrogen-bond acceptors (Lipinski definition) is 6. The van der Waals surface area contributed by atoms with Gasteiger partial charge >= 0.3 is 0 Å². The normalized spacial score (nSPS) is 20.2. The van der Waals surface area contributed by atoms with Crippen LogP contribution in [0.3, 0.4) is 0 Å². The van der Waals surface area contributed by atoms with Crippen molar-refractivity contribution in [1.82, 2.24) is 0 Å². The largest absolute Gasteiger partial charge is 0.493 e. The molecule has 2 aromatic carbocycles. The first-order valence-corrected chi connectivity index (χ1v) is 11.6. The fourth-order valence-corrected chi connectivity index (χ4v) is 5.34. The van der Waals surface area contributed by atoms with Gasteiger partial charge in [-0.25, -0.2) is 0 Å². The molecule has 0 aliphatic heterocycles. The minimum absolute atomic E-state index is 0.0238. The molecule has 32 heavy (non-hydrogen) atoms. The van der Waals surface area contributed by atoms with Gasteiger partial charge in [-0.15, -0.1) is 0 Å². The summed E-state index contributed by atoms with van der Waals surface area (Å²) in [5.74, 6) is 3.22. The topological polar surface area (TPSA) is 55.4 Å². The van der Waals surface area contributed by atoms with Crippen molar-refractivity contribution in [2.75, 3.05) is 42.2 Å².